The van der Waals surface area contributed by atoms with Crippen molar-refractivity contribution in [3.63, 3.8) is 0 Å². The zero-order valence-electron chi connectivity index (χ0n) is 10.0. The van der Waals surface area contributed by atoms with Crippen LogP contribution < -0.4 is 0 Å². The second kappa shape index (κ2) is 5.99. The van der Waals surface area contributed by atoms with Gasteiger partial charge in [0.25, 0.3) is 0 Å². The Bertz CT molecular complexity index is 305. The normalized spacial score (nSPS) is 17.8. The van der Waals surface area contributed by atoms with Gasteiger partial charge in [-0.3, -0.25) is 5.10 Å². The second-order valence-corrected chi connectivity index (χ2v) is 4.53. The zero-order chi connectivity index (χ0) is 11.2. The van der Waals surface area contributed by atoms with Gasteiger partial charge in [-0.05, 0) is 19.3 Å². The molecule has 1 heterocycles. The molecule has 1 aromatic rings. The smallest absolute Gasteiger partial charge is 0.153 e. The number of aromatic amines is 1. The minimum Gasteiger partial charge on any atom is -0.373 e. The van der Waals surface area contributed by atoms with Crippen LogP contribution in [0.5, 0.6) is 0 Å². The topological polar surface area (TPSA) is 50.8 Å². The van der Waals surface area contributed by atoms with Gasteiger partial charge in [0.1, 0.15) is 6.61 Å². The van der Waals surface area contributed by atoms with Gasteiger partial charge in [0.15, 0.2) is 11.6 Å². The lowest BCUT2D eigenvalue weighted by atomic mass is 9.89. The van der Waals surface area contributed by atoms with Crippen molar-refractivity contribution in [2.45, 2.75) is 58.0 Å². The highest BCUT2D eigenvalue weighted by molar-refractivity contribution is 4.98. The van der Waals surface area contributed by atoms with E-state index >= 15 is 0 Å². The molecule has 90 valence electrons. The summed E-state index contributed by atoms with van der Waals surface area (Å²) in [5.41, 5.74) is 0. The molecule has 0 spiro atoms. The molecule has 1 fully saturated rings. The lowest BCUT2D eigenvalue weighted by Crippen LogP contribution is -2.06. The molecule has 0 unspecified atom stereocenters. The van der Waals surface area contributed by atoms with Crippen LogP contribution in [0, 0.1) is 0 Å². The van der Waals surface area contributed by atoms with E-state index < -0.39 is 0 Å². The number of H-pyrrole nitrogens is 1. The first kappa shape index (κ1) is 11.6. The Hall–Kier alpha value is -0.900. The summed E-state index contributed by atoms with van der Waals surface area (Å²) in [5.74, 6) is 2.44. The fourth-order valence-electron chi connectivity index (χ4n) is 2.23. The summed E-state index contributed by atoms with van der Waals surface area (Å²) in [6.45, 7) is 3.46. The van der Waals surface area contributed by atoms with Crippen LogP contribution in [0.2, 0.25) is 0 Å². The maximum Gasteiger partial charge on any atom is 0.153 e. The summed E-state index contributed by atoms with van der Waals surface area (Å²) in [6.07, 6.45) is 7.54. The Morgan fingerprint density at radius 1 is 1.31 bits per heavy atom. The van der Waals surface area contributed by atoms with Gasteiger partial charge < -0.3 is 4.74 Å². The van der Waals surface area contributed by atoms with Crippen molar-refractivity contribution < 1.29 is 4.74 Å². The van der Waals surface area contributed by atoms with Crippen LogP contribution in [-0.4, -0.2) is 21.8 Å². The first-order valence-electron chi connectivity index (χ1n) is 6.39. The summed E-state index contributed by atoms with van der Waals surface area (Å²) in [7, 11) is 0. The zero-order valence-corrected chi connectivity index (χ0v) is 10.0. The van der Waals surface area contributed by atoms with E-state index in [1.807, 2.05) is 0 Å². The maximum atomic E-state index is 5.44. The molecule has 1 saturated carbocycles. The third-order valence-electron chi connectivity index (χ3n) is 3.11. The number of ether oxygens (including phenoxy) is 1. The lowest BCUT2D eigenvalue weighted by molar-refractivity contribution is 0.116. The monoisotopic (exact) mass is 223 g/mol. The van der Waals surface area contributed by atoms with Crippen molar-refractivity contribution in [1.82, 2.24) is 15.2 Å². The third-order valence-corrected chi connectivity index (χ3v) is 3.11. The average Bonchev–Trinajstić information content (AvgIpc) is 2.79. The molecule has 16 heavy (non-hydrogen) atoms. The first-order valence-corrected chi connectivity index (χ1v) is 6.39. The number of nitrogens with one attached hydrogen (secondary N) is 1. The predicted octanol–water partition coefficient (Wildman–Crippen LogP) is 2.78. The van der Waals surface area contributed by atoms with Crippen LogP contribution in [0.15, 0.2) is 0 Å². The Labute approximate surface area is 96.8 Å². The fraction of sp³-hybridized carbons (Fsp3) is 0.833. The van der Waals surface area contributed by atoms with Crippen LogP contribution in [-0.2, 0) is 11.3 Å². The van der Waals surface area contributed by atoms with Crippen molar-refractivity contribution >= 4 is 0 Å². The number of aromatic nitrogens is 3. The summed E-state index contributed by atoms with van der Waals surface area (Å²) in [5, 5.41) is 7.28. The largest absolute Gasteiger partial charge is 0.373 e. The average molecular weight is 223 g/mol. The number of hydrogen-bond acceptors (Lipinski definition) is 3. The molecule has 1 aliphatic carbocycles. The standard InChI is InChI=1S/C12H21N3O/c1-2-8-16-9-11-13-12(15-14-11)10-6-4-3-5-7-10/h10H,2-9H2,1H3,(H,13,14,15). The minimum atomic E-state index is 0.563. The van der Waals surface area contributed by atoms with Gasteiger partial charge in [-0.15, -0.1) is 0 Å². The number of nitrogens with zero attached hydrogens (tertiary/aromatic N) is 2. The van der Waals surface area contributed by atoms with Gasteiger partial charge in [-0.2, -0.15) is 5.10 Å². The molecule has 0 saturated heterocycles. The van der Waals surface area contributed by atoms with Crippen molar-refractivity contribution in [3.05, 3.63) is 11.6 Å². The molecule has 4 nitrogen and oxygen atoms in total. The Kier molecular flexibility index (Phi) is 4.34. The van der Waals surface area contributed by atoms with Gasteiger partial charge in [-0.25, -0.2) is 4.98 Å². The molecule has 0 amide bonds. The van der Waals surface area contributed by atoms with E-state index in [4.69, 9.17) is 4.74 Å². The highest BCUT2D eigenvalue weighted by Crippen LogP contribution is 2.30. The summed E-state index contributed by atoms with van der Waals surface area (Å²) >= 11 is 0. The second-order valence-electron chi connectivity index (χ2n) is 4.53. The molecule has 0 radical (unpaired) electrons. The SMILES string of the molecule is CCCOCc1nc(C2CCCCC2)n[nH]1. The van der Waals surface area contributed by atoms with Crippen LogP contribution >= 0.6 is 0 Å². The molecule has 1 aromatic heterocycles. The molecule has 1 aliphatic rings. The molecule has 1 N–H and O–H groups in total. The fourth-order valence-corrected chi connectivity index (χ4v) is 2.23. The van der Waals surface area contributed by atoms with Gasteiger partial charge >= 0.3 is 0 Å². The summed E-state index contributed by atoms with van der Waals surface area (Å²) < 4.78 is 5.44. The summed E-state index contributed by atoms with van der Waals surface area (Å²) in [6, 6.07) is 0. The maximum absolute atomic E-state index is 5.44. The van der Waals surface area contributed by atoms with Gasteiger partial charge in [0.2, 0.25) is 0 Å². The molecule has 2 rings (SSSR count). The van der Waals surface area contributed by atoms with E-state index in [0.29, 0.717) is 12.5 Å². The molecular formula is C12H21N3O. The van der Waals surface area contributed by atoms with E-state index in [1.54, 1.807) is 0 Å². The van der Waals surface area contributed by atoms with Crippen molar-refractivity contribution in [1.29, 1.82) is 0 Å². The Morgan fingerprint density at radius 3 is 2.88 bits per heavy atom. The van der Waals surface area contributed by atoms with Crippen LogP contribution in [0.4, 0.5) is 0 Å². The highest BCUT2D eigenvalue weighted by atomic mass is 16.5. The van der Waals surface area contributed by atoms with Crippen molar-refractivity contribution in [2.24, 2.45) is 0 Å². The molecule has 0 atom stereocenters. The quantitative estimate of drug-likeness (QED) is 0.781. The van der Waals surface area contributed by atoms with E-state index in [9.17, 15) is 0 Å². The van der Waals surface area contributed by atoms with E-state index in [1.165, 1.54) is 32.1 Å². The molecule has 0 aliphatic heterocycles. The predicted molar refractivity (Wildman–Crippen MR) is 62.2 cm³/mol. The van der Waals surface area contributed by atoms with Crippen LogP contribution in [0.3, 0.4) is 0 Å². The molecule has 4 heteroatoms. The van der Waals surface area contributed by atoms with Gasteiger partial charge in [0, 0.05) is 12.5 Å². The van der Waals surface area contributed by atoms with Crippen molar-refractivity contribution in [2.75, 3.05) is 6.61 Å². The van der Waals surface area contributed by atoms with Gasteiger partial charge in [0.05, 0.1) is 0 Å². The molecule has 0 bridgehead atoms. The van der Waals surface area contributed by atoms with Crippen LogP contribution in [0.1, 0.15) is 63.0 Å². The number of rotatable bonds is 5. The van der Waals surface area contributed by atoms with E-state index in [2.05, 4.69) is 22.1 Å². The van der Waals surface area contributed by atoms with E-state index in [0.717, 1.165) is 24.7 Å². The number of hydrogen-bond donors (Lipinski definition) is 1. The molecule has 0 aromatic carbocycles. The Balaban J connectivity index is 1.85. The van der Waals surface area contributed by atoms with E-state index in [-0.39, 0.29) is 0 Å². The molecular weight excluding hydrogens is 202 g/mol. The third kappa shape index (κ3) is 3.04. The minimum absolute atomic E-state index is 0.563. The highest BCUT2D eigenvalue weighted by Gasteiger charge is 2.19. The lowest BCUT2D eigenvalue weighted by Gasteiger charge is -2.17. The first-order chi connectivity index (χ1) is 7.90. The van der Waals surface area contributed by atoms with Crippen LogP contribution in [0.25, 0.3) is 0 Å². The summed E-state index contributed by atoms with van der Waals surface area (Å²) in [4.78, 5) is 4.51. The Morgan fingerprint density at radius 2 is 2.12 bits per heavy atom. The van der Waals surface area contributed by atoms with Gasteiger partial charge in [-0.1, -0.05) is 26.2 Å². The van der Waals surface area contributed by atoms with Crippen molar-refractivity contribution in [3.8, 4) is 0 Å².